The SMILES string of the molecule is CNc1nc(C(C)(C)C)nc(N2CCCC(C)C2C)c1C. The van der Waals surface area contributed by atoms with Crippen molar-refractivity contribution >= 4 is 11.6 Å². The van der Waals surface area contributed by atoms with Crippen LogP contribution in [0.2, 0.25) is 0 Å². The lowest BCUT2D eigenvalue weighted by atomic mass is 9.91. The fourth-order valence-corrected chi connectivity index (χ4v) is 3.00. The zero-order valence-electron chi connectivity index (χ0n) is 14.6. The van der Waals surface area contributed by atoms with Crippen LogP contribution in [0, 0.1) is 12.8 Å². The molecule has 0 bridgehead atoms. The van der Waals surface area contributed by atoms with E-state index in [-0.39, 0.29) is 5.41 Å². The molecule has 1 N–H and O–H groups in total. The lowest BCUT2D eigenvalue weighted by Crippen LogP contribution is -2.43. The molecule has 1 aromatic heterocycles. The third-order valence-corrected chi connectivity index (χ3v) is 4.67. The van der Waals surface area contributed by atoms with Gasteiger partial charge in [-0.15, -0.1) is 0 Å². The molecule has 2 heterocycles. The Morgan fingerprint density at radius 1 is 1.19 bits per heavy atom. The van der Waals surface area contributed by atoms with Crippen molar-refractivity contribution in [3.05, 3.63) is 11.4 Å². The molecule has 0 aromatic carbocycles. The summed E-state index contributed by atoms with van der Waals surface area (Å²) in [7, 11) is 1.94. The van der Waals surface area contributed by atoms with E-state index in [1.54, 1.807) is 0 Å². The van der Waals surface area contributed by atoms with Crippen LogP contribution in [0.25, 0.3) is 0 Å². The molecule has 21 heavy (non-hydrogen) atoms. The lowest BCUT2D eigenvalue weighted by molar-refractivity contribution is 0.360. The lowest BCUT2D eigenvalue weighted by Gasteiger charge is -2.40. The van der Waals surface area contributed by atoms with Gasteiger partial charge in [-0.2, -0.15) is 0 Å². The Morgan fingerprint density at radius 2 is 1.86 bits per heavy atom. The minimum atomic E-state index is -0.0430. The molecule has 2 rings (SSSR count). The second-order valence-corrected chi connectivity index (χ2v) is 7.40. The maximum atomic E-state index is 4.94. The van der Waals surface area contributed by atoms with Crippen molar-refractivity contribution in [3.63, 3.8) is 0 Å². The summed E-state index contributed by atoms with van der Waals surface area (Å²) in [4.78, 5) is 12.1. The van der Waals surface area contributed by atoms with Crippen LogP contribution in [-0.2, 0) is 5.41 Å². The average Bonchev–Trinajstić information content (AvgIpc) is 2.41. The Bertz CT molecular complexity index is 504. The van der Waals surface area contributed by atoms with Crippen molar-refractivity contribution in [2.24, 2.45) is 5.92 Å². The van der Waals surface area contributed by atoms with E-state index in [0.29, 0.717) is 12.0 Å². The minimum Gasteiger partial charge on any atom is -0.373 e. The Kier molecular flexibility index (Phi) is 4.45. The molecule has 0 radical (unpaired) electrons. The standard InChI is InChI=1S/C17H30N4/c1-11-9-8-10-21(13(11)3)15-12(2)14(18-7)19-16(20-15)17(4,5)6/h11,13H,8-10H2,1-7H3,(H,18,19,20). The van der Waals surface area contributed by atoms with E-state index in [4.69, 9.17) is 9.97 Å². The molecule has 1 aromatic rings. The Labute approximate surface area is 129 Å². The largest absolute Gasteiger partial charge is 0.373 e. The molecule has 0 amide bonds. The number of aromatic nitrogens is 2. The number of hydrogen-bond acceptors (Lipinski definition) is 4. The molecular formula is C17H30N4. The molecule has 0 aliphatic carbocycles. The number of hydrogen-bond donors (Lipinski definition) is 1. The van der Waals surface area contributed by atoms with Crippen molar-refractivity contribution in [2.75, 3.05) is 23.8 Å². The van der Waals surface area contributed by atoms with E-state index < -0.39 is 0 Å². The first-order chi connectivity index (χ1) is 9.75. The summed E-state index contributed by atoms with van der Waals surface area (Å²) in [5, 5.41) is 3.24. The fraction of sp³-hybridized carbons (Fsp3) is 0.765. The summed E-state index contributed by atoms with van der Waals surface area (Å²) in [5.74, 6) is 3.69. The van der Waals surface area contributed by atoms with Crippen molar-refractivity contribution in [2.45, 2.75) is 65.8 Å². The third kappa shape index (κ3) is 3.14. The smallest absolute Gasteiger partial charge is 0.138 e. The van der Waals surface area contributed by atoms with Gasteiger partial charge in [0.2, 0.25) is 0 Å². The fourth-order valence-electron chi connectivity index (χ4n) is 3.00. The zero-order valence-corrected chi connectivity index (χ0v) is 14.6. The van der Waals surface area contributed by atoms with Crippen molar-refractivity contribution in [1.29, 1.82) is 0 Å². The molecule has 2 atom stereocenters. The van der Waals surface area contributed by atoms with Crippen LogP contribution >= 0.6 is 0 Å². The maximum Gasteiger partial charge on any atom is 0.138 e. The summed E-state index contributed by atoms with van der Waals surface area (Å²) in [6.45, 7) is 14.4. The quantitative estimate of drug-likeness (QED) is 0.900. The molecule has 1 aliphatic heterocycles. The van der Waals surface area contributed by atoms with Gasteiger partial charge < -0.3 is 10.2 Å². The van der Waals surface area contributed by atoms with Crippen molar-refractivity contribution in [3.8, 4) is 0 Å². The minimum absolute atomic E-state index is 0.0430. The van der Waals surface area contributed by atoms with Gasteiger partial charge in [-0.3, -0.25) is 0 Å². The van der Waals surface area contributed by atoms with Gasteiger partial charge in [0.1, 0.15) is 17.5 Å². The highest BCUT2D eigenvalue weighted by atomic mass is 15.2. The first-order valence-corrected chi connectivity index (χ1v) is 8.09. The Balaban J connectivity index is 2.51. The van der Waals surface area contributed by atoms with Crippen molar-refractivity contribution in [1.82, 2.24) is 9.97 Å². The second kappa shape index (κ2) is 5.82. The topological polar surface area (TPSA) is 41.1 Å². The summed E-state index contributed by atoms with van der Waals surface area (Å²) in [6.07, 6.45) is 2.56. The first-order valence-electron chi connectivity index (χ1n) is 8.09. The zero-order chi connectivity index (χ0) is 15.8. The van der Waals surface area contributed by atoms with Crippen LogP contribution in [0.3, 0.4) is 0 Å². The molecule has 4 nitrogen and oxygen atoms in total. The summed E-state index contributed by atoms with van der Waals surface area (Å²) in [5.41, 5.74) is 1.12. The molecule has 1 fully saturated rings. The number of anilines is 2. The number of piperidine rings is 1. The number of nitrogens with zero attached hydrogens (tertiary/aromatic N) is 3. The van der Waals surface area contributed by atoms with Gasteiger partial charge in [0.15, 0.2) is 0 Å². The summed E-state index contributed by atoms with van der Waals surface area (Å²) < 4.78 is 0. The van der Waals surface area contributed by atoms with E-state index >= 15 is 0 Å². The molecule has 2 unspecified atom stereocenters. The highest BCUT2D eigenvalue weighted by Crippen LogP contribution is 2.33. The molecular weight excluding hydrogens is 260 g/mol. The molecule has 118 valence electrons. The molecule has 1 aliphatic rings. The van der Waals surface area contributed by atoms with E-state index in [1.807, 2.05) is 7.05 Å². The van der Waals surface area contributed by atoms with Crippen LogP contribution in [0.5, 0.6) is 0 Å². The summed E-state index contributed by atoms with van der Waals surface area (Å²) in [6, 6.07) is 0.532. The van der Waals surface area contributed by atoms with Crippen LogP contribution < -0.4 is 10.2 Å². The van der Waals surface area contributed by atoms with Crippen LogP contribution in [0.15, 0.2) is 0 Å². The Morgan fingerprint density at radius 3 is 2.43 bits per heavy atom. The van der Waals surface area contributed by atoms with Gasteiger partial charge in [0.05, 0.1) is 0 Å². The second-order valence-electron chi connectivity index (χ2n) is 7.40. The highest BCUT2D eigenvalue weighted by molar-refractivity contribution is 5.59. The van der Waals surface area contributed by atoms with Crippen LogP contribution in [0.1, 0.15) is 58.8 Å². The van der Waals surface area contributed by atoms with E-state index in [2.05, 4.69) is 51.8 Å². The van der Waals surface area contributed by atoms with Gasteiger partial charge in [0.25, 0.3) is 0 Å². The van der Waals surface area contributed by atoms with Crippen LogP contribution in [-0.4, -0.2) is 29.6 Å². The predicted molar refractivity (Wildman–Crippen MR) is 90.2 cm³/mol. The molecule has 4 heteroatoms. The van der Waals surface area contributed by atoms with E-state index in [9.17, 15) is 0 Å². The summed E-state index contributed by atoms with van der Waals surface area (Å²) >= 11 is 0. The number of nitrogens with one attached hydrogen (secondary N) is 1. The number of rotatable bonds is 2. The third-order valence-electron chi connectivity index (χ3n) is 4.67. The van der Waals surface area contributed by atoms with E-state index in [0.717, 1.165) is 29.6 Å². The molecule has 0 spiro atoms. The van der Waals surface area contributed by atoms with Gasteiger partial charge in [0, 0.05) is 30.6 Å². The monoisotopic (exact) mass is 290 g/mol. The van der Waals surface area contributed by atoms with Gasteiger partial charge in [-0.25, -0.2) is 9.97 Å². The van der Waals surface area contributed by atoms with Gasteiger partial charge in [-0.1, -0.05) is 27.7 Å². The molecule has 1 saturated heterocycles. The van der Waals surface area contributed by atoms with Crippen molar-refractivity contribution < 1.29 is 0 Å². The molecule has 0 saturated carbocycles. The highest BCUT2D eigenvalue weighted by Gasteiger charge is 2.29. The van der Waals surface area contributed by atoms with Gasteiger partial charge in [-0.05, 0) is 32.6 Å². The van der Waals surface area contributed by atoms with Crippen LogP contribution in [0.4, 0.5) is 11.6 Å². The predicted octanol–water partition coefficient (Wildman–Crippen LogP) is 3.75. The van der Waals surface area contributed by atoms with Gasteiger partial charge >= 0.3 is 0 Å². The normalized spacial score (nSPS) is 23.3. The first kappa shape index (κ1) is 16.1. The maximum absolute atomic E-state index is 4.94. The average molecular weight is 290 g/mol. The van der Waals surface area contributed by atoms with E-state index in [1.165, 1.54) is 12.8 Å². The Hall–Kier alpha value is -1.32.